The number of amides is 3. The van der Waals surface area contributed by atoms with Crippen LogP contribution in [0.3, 0.4) is 0 Å². The monoisotopic (exact) mass is 406 g/mol. The quantitative estimate of drug-likeness (QED) is 0.661. The molecule has 0 aliphatic carbocycles. The van der Waals surface area contributed by atoms with Crippen LogP contribution in [0.5, 0.6) is 5.75 Å². The molecule has 2 heterocycles. The Labute approximate surface area is 175 Å². The van der Waals surface area contributed by atoms with Crippen LogP contribution in [0, 0.1) is 6.92 Å². The third-order valence-corrected chi connectivity index (χ3v) is 5.46. The lowest BCUT2D eigenvalue weighted by Gasteiger charge is -2.18. The highest BCUT2D eigenvalue weighted by Crippen LogP contribution is 2.25. The molecule has 1 unspecified atom stereocenters. The number of nitrogens with one attached hydrogen (secondary N) is 2. The third kappa shape index (κ3) is 4.10. The molecule has 1 fully saturated rings. The number of ether oxygens (including phenoxy) is 1. The number of nitrogens with zero attached hydrogens (tertiary/aromatic N) is 2. The molecule has 0 bridgehead atoms. The van der Waals surface area contributed by atoms with Gasteiger partial charge < -0.3 is 24.8 Å². The molecule has 2 aromatic carbocycles. The van der Waals surface area contributed by atoms with Gasteiger partial charge in [0, 0.05) is 49.0 Å². The van der Waals surface area contributed by atoms with E-state index in [1.807, 2.05) is 36.4 Å². The molecule has 30 heavy (non-hydrogen) atoms. The molecule has 2 N–H and O–H groups in total. The maximum atomic E-state index is 12.4. The van der Waals surface area contributed by atoms with Crippen molar-refractivity contribution in [2.24, 2.45) is 0 Å². The van der Waals surface area contributed by atoms with Gasteiger partial charge in [-0.2, -0.15) is 0 Å². The van der Waals surface area contributed by atoms with Crippen molar-refractivity contribution in [3.8, 4) is 5.75 Å². The minimum absolute atomic E-state index is 0.0111. The predicted molar refractivity (Wildman–Crippen MR) is 117 cm³/mol. The van der Waals surface area contributed by atoms with Crippen molar-refractivity contribution in [2.75, 3.05) is 25.1 Å². The highest BCUT2D eigenvalue weighted by Gasteiger charge is 2.31. The van der Waals surface area contributed by atoms with Gasteiger partial charge in [-0.1, -0.05) is 24.3 Å². The number of hydrogen-bond donors (Lipinski definition) is 2. The van der Waals surface area contributed by atoms with E-state index in [0.717, 1.165) is 16.9 Å². The molecule has 1 aliphatic rings. The van der Waals surface area contributed by atoms with E-state index >= 15 is 0 Å². The predicted octanol–water partition coefficient (Wildman–Crippen LogP) is 3.06. The first-order valence-electron chi connectivity index (χ1n) is 10.1. The Morgan fingerprint density at radius 2 is 2.00 bits per heavy atom. The fraction of sp³-hybridized carbons (Fsp3) is 0.304. The Hall–Kier alpha value is -3.48. The van der Waals surface area contributed by atoms with Crippen molar-refractivity contribution in [1.29, 1.82) is 0 Å². The summed E-state index contributed by atoms with van der Waals surface area (Å²) in [6.07, 6.45) is 0.284. The molecule has 0 spiro atoms. The first-order chi connectivity index (χ1) is 14.5. The van der Waals surface area contributed by atoms with Crippen LogP contribution in [-0.2, 0) is 11.3 Å². The molecule has 3 amide bonds. The molecule has 3 aromatic rings. The van der Waals surface area contributed by atoms with Gasteiger partial charge in [-0.05, 0) is 36.6 Å². The highest BCUT2D eigenvalue weighted by atomic mass is 16.5. The number of anilines is 1. The van der Waals surface area contributed by atoms with Crippen molar-refractivity contribution >= 4 is 28.5 Å². The maximum absolute atomic E-state index is 12.4. The van der Waals surface area contributed by atoms with Crippen molar-refractivity contribution in [3.63, 3.8) is 0 Å². The number of urea groups is 1. The van der Waals surface area contributed by atoms with Gasteiger partial charge in [0.2, 0.25) is 5.91 Å². The molecular weight excluding hydrogens is 380 g/mol. The summed E-state index contributed by atoms with van der Waals surface area (Å²) in [5.41, 5.74) is 3.10. The van der Waals surface area contributed by atoms with Crippen LogP contribution in [-0.4, -0.2) is 42.7 Å². The zero-order valence-corrected chi connectivity index (χ0v) is 17.2. The van der Waals surface area contributed by atoms with Gasteiger partial charge in [0.15, 0.2) is 0 Å². The maximum Gasteiger partial charge on any atom is 0.315 e. The first-order valence-corrected chi connectivity index (χ1v) is 10.1. The molecule has 7 nitrogen and oxygen atoms in total. The lowest BCUT2D eigenvalue weighted by molar-refractivity contribution is -0.117. The Morgan fingerprint density at radius 1 is 1.17 bits per heavy atom. The molecule has 1 atom stereocenters. The van der Waals surface area contributed by atoms with Gasteiger partial charge in [-0.15, -0.1) is 0 Å². The number of methoxy groups -OCH3 is 1. The summed E-state index contributed by atoms with van der Waals surface area (Å²) in [5.74, 6) is 0.685. The standard InChI is InChI=1S/C23H26N4O3/c1-16-12-17-6-3-4-9-21(17)26(16)11-10-24-23(29)25-18-13-22(28)27(15-18)19-7-5-8-20(14-19)30-2/h3-9,12,14,18H,10-11,13,15H2,1-2H3,(H2,24,25,29). The zero-order chi connectivity index (χ0) is 21.1. The van der Waals surface area contributed by atoms with E-state index in [2.05, 4.69) is 40.3 Å². The topological polar surface area (TPSA) is 75.6 Å². The van der Waals surface area contributed by atoms with Gasteiger partial charge in [-0.3, -0.25) is 4.79 Å². The summed E-state index contributed by atoms with van der Waals surface area (Å²) in [6.45, 7) is 3.70. The van der Waals surface area contributed by atoms with E-state index in [1.165, 1.54) is 5.39 Å². The summed E-state index contributed by atoms with van der Waals surface area (Å²) in [6, 6.07) is 17.3. The van der Waals surface area contributed by atoms with Crippen molar-refractivity contribution in [1.82, 2.24) is 15.2 Å². The summed E-state index contributed by atoms with van der Waals surface area (Å²) < 4.78 is 7.43. The second-order valence-electron chi connectivity index (χ2n) is 7.50. The molecule has 1 saturated heterocycles. The summed E-state index contributed by atoms with van der Waals surface area (Å²) >= 11 is 0. The smallest absolute Gasteiger partial charge is 0.315 e. The Kier molecular flexibility index (Phi) is 5.61. The van der Waals surface area contributed by atoms with Crippen LogP contribution in [0.4, 0.5) is 10.5 Å². The third-order valence-electron chi connectivity index (χ3n) is 5.46. The van der Waals surface area contributed by atoms with E-state index in [9.17, 15) is 9.59 Å². The number of benzene rings is 2. The second-order valence-corrected chi connectivity index (χ2v) is 7.50. The van der Waals surface area contributed by atoms with Crippen molar-refractivity contribution in [2.45, 2.75) is 25.9 Å². The van der Waals surface area contributed by atoms with Gasteiger partial charge in [0.25, 0.3) is 0 Å². The first kappa shape index (κ1) is 19.8. The second kappa shape index (κ2) is 8.49. The Balaban J connectivity index is 1.30. The zero-order valence-electron chi connectivity index (χ0n) is 17.2. The van der Waals surface area contributed by atoms with Crippen LogP contribution >= 0.6 is 0 Å². The van der Waals surface area contributed by atoms with Crippen LogP contribution in [0.25, 0.3) is 10.9 Å². The molecule has 4 rings (SSSR count). The number of carbonyl (C=O) groups excluding carboxylic acids is 2. The minimum Gasteiger partial charge on any atom is -0.497 e. The molecule has 156 valence electrons. The fourth-order valence-electron chi connectivity index (χ4n) is 4.00. The minimum atomic E-state index is -0.255. The number of fused-ring (bicyclic) bond motifs is 1. The number of aryl methyl sites for hydroxylation is 1. The molecular formula is C23H26N4O3. The van der Waals surface area contributed by atoms with E-state index in [4.69, 9.17) is 4.74 Å². The van der Waals surface area contributed by atoms with Gasteiger partial charge in [-0.25, -0.2) is 4.79 Å². The van der Waals surface area contributed by atoms with Crippen LogP contribution in [0.15, 0.2) is 54.6 Å². The van der Waals surface area contributed by atoms with E-state index in [-0.39, 0.29) is 24.4 Å². The highest BCUT2D eigenvalue weighted by molar-refractivity contribution is 5.97. The largest absolute Gasteiger partial charge is 0.497 e. The van der Waals surface area contributed by atoms with E-state index < -0.39 is 0 Å². The number of hydrogen-bond acceptors (Lipinski definition) is 3. The van der Waals surface area contributed by atoms with E-state index in [0.29, 0.717) is 25.4 Å². The van der Waals surface area contributed by atoms with Crippen molar-refractivity contribution in [3.05, 3.63) is 60.3 Å². The fourth-order valence-corrected chi connectivity index (χ4v) is 4.00. The van der Waals surface area contributed by atoms with Gasteiger partial charge >= 0.3 is 6.03 Å². The molecule has 0 saturated carbocycles. The lowest BCUT2D eigenvalue weighted by atomic mass is 10.2. The number of para-hydroxylation sites is 1. The van der Waals surface area contributed by atoms with Crippen LogP contribution in [0.1, 0.15) is 12.1 Å². The lowest BCUT2D eigenvalue weighted by Crippen LogP contribution is -2.44. The number of aromatic nitrogens is 1. The average Bonchev–Trinajstić information content (AvgIpc) is 3.27. The van der Waals surface area contributed by atoms with Crippen molar-refractivity contribution < 1.29 is 14.3 Å². The average molecular weight is 406 g/mol. The normalized spacial score (nSPS) is 16.1. The molecule has 0 radical (unpaired) electrons. The Morgan fingerprint density at radius 3 is 2.83 bits per heavy atom. The molecule has 1 aromatic heterocycles. The molecule has 1 aliphatic heterocycles. The summed E-state index contributed by atoms with van der Waals surface area (Å²) in [5, 5.41) is 7.02. The number of rotatable bonds is 6. The Bertz CT molecular complexity index is 1080. The van der Waals surface area contributed by atoms with E-state index in [1.54, 1.807) is 12.0 Å². The van der Waals surface area contributed by atoms with Gasteiger partial charge in [0.1, 0.15) is 5.75 Å². The summed E-state index contributed by atoms with van der Waals surface area (Å²) in [7, 11) is 1.59. The number of carbonyl (C=O) groups is 2. The summed E-state index contributed by atoms with van der Waals surface area (Å²) in [4.78, 5) is 26.4. The van der Waals surface area contributed by atoms with Crippen LogP contribution in [0.2, 0.25) is 0 Å². The SMILES string of the molecule is COc1cccc(N2CC(NC(=O)NCCn3c(C)cc4ccccc43)CC2=O)c1. The van der Waals surface area contributed by atoms with Crippen LogP contribution < -0.4 is 20.3 Å². The molecule has 7 heteroatoms. The van der Waals surface area contributed by atoms with Gasteiger partial charge in [0.05, 0.1) is 13.2 Å².